The van der Waals surface area contributed by atoms with Crippen molar-refractivity contribution in [3.63, 3.8) is 0 Å². The Balaban J connectivity index is 1.87. The molecule has 1 aromatic heterocycles. The molecule has 1 unspecified atom stereocenters. The molecule has 0 saturated carbocycles. The van der Waals surface area contributed by atoms with Gasteiger partial charge in [-0.2, -0.15) is 0 Å². The van der Waals surface area contributed by atoms with Gasteiger partial charge in [-0.1, -0.05) is 12.1 Å². The molecule has 0 spiro atoms. The van der Waals surface area contributed by atoms with Gasteiger partial charge in [0.05, 0.1) is 12.3 Å². The van der Waals surface area contributed by atoms with Crippen LogP contribution in [0.3, 0.4) is 0 Å². The zero-order valence-electron chi connectivity index (χ0n) is 10.6. The molecule has 2 rings (SSSR count). The summed E-state index contributed by atoms with van der Waals surface area (Å²) in [6.07, 6.45) is 2.82. The molecule has 0 radical (unpaired) electrons. The minimum Gasteiger partial charge on any atom is -0.491 e. The highest BCUT2D eigenvalue weighted by atomic mass is 16.5. The SMILES string of the molecule is CCC(C)Oc1ccc(OCc2ccno2)cc1. The summed E-state index contributed by atoms with van der Waals surface area (Å²) in [5, 5.41) is 3.62. The van der Waals surface area contributed by atoms with Gasteiger partial charge in [0.1, 0.15) is 18.1 Å². The zero-order valence-corrected chi connectivity index (χ0v) is 10.6. The predicted octanol–water partition coefficient (Wildman–Crippen LogP) is 3.43. The summed E-state index contributed by atoms with van der Waals surface area (Å²) in [6.45, 7) is 4.53. The number of ether oxygens (including phenoxy) is 2. The lowest BCUT2D eigenvalue weighted by Gasteiger charge is -2.12. The van der Waals surface area contributed by atoms with Crippen LogP contribution in [0, 0.1) is 0 Å². The fourth-order valence-electron chi connectivity index (χ4n) is 1.40. The minimum atomic E-state index is 0.228. The van der Waals surface area contributed by atoms with E-state index in [-0.39, 0.29) is 6.10 Å². The van der Waals surface area contributed by atoms with E-state index in [2.05, 4.69) is 12.1 Å². The normalized spacial score (nSPS) is 12.1. The molecule has 0 bridgehead atoms. The lowest BCUT2D eigenvalue weighted by atomic mass is 10.3. The van der Waals surface area contributed by atoms with E-state index in [1.807, 2.05) is 31.2 Å². The molecule has 4 nitrogen and oxygen atoms in total. The maximum atomic E-state index is 5.68. The molecule has 1 heterocycles. The Morgan fingerprint density at radius 3 is 2.50 bits per heavy atom. The van der Waals surface area contributed by atoms with Crippen molar-refractivity contribution >= 4 is 0 Å². The summed E-state index contributed by atoms with van der Waals surface area (Å²) in [5.74, 6) is 2.34. The molecule has 0 N–H and O–H groups in total. The largest absolute Gasteiger partial charge is 0.491 e. The van der Waals surface area contributed by atoms with E-state index >= 15 is 0 Å². The summed E-state index contributed by atoms with van der Waals surface area (Å²) in [7, 11) is 0. The Morgan fingerprint density at radius 2 is 1.89 bits per heavy atom. The van der Waals surface area contributed by atoms with Crippen molar-refractivity contribution in [1.29, 1.82) is 0 Å². The first-order valence-corrected chi connectivity index (χ1v) is 6.07. The molecular weight excluding hydrogens is 230 g/mol. The Kier molecular flexibility index (Phi) is 4.23. The number of aromatic nitrogens is 1. The van der Waals surface area contributed by atoms with Crippen LogP contribution in [0.4, 0.5) is 0 Å². The van der Waals surface area contributed by atoms with Crippen LogP contribution in [-0.2, 0) is 6.61 Å². The van der Waals surface area contributed by atoms with Crippen LogP contribution in [0.5, 0.6) is 11.5 Å². The van der Waals surface area contributed by atoms with Crippen molar-refractivity contribution in [3.8, 4) is 11.5 Å². The molecule has 0 amide bonds. The molecular formula is C14H17NO3. The summed E-state index contributed by atoms with van der Waals surface area (Å²) in [6, 6.07) is 9.35. The zero-order chi connectivity index (χ0) is 12.8. The van der Waals surface area contributed by atoms with Crippen molar-refractivity contribution in [2.45, 2.75) is 33.0 Å². The Bertz CT molecular complexity index is 450. The second kappa shape index (κ2) is 6.10. The van der Waals surface area contributed by atoms with Gasteiger partial charge in [0.15, 0.2) is 5.76 Å². The second-order valence-electron chi connectivity index (χ2n) is 4.08. The maximum Gasteiger partial charge on any atom is 0.174 e. The lowest BCUT2D eigenvalue weighted by Crippen LogP contribution is -2.09. The highest BCUT2D eigenvalue weighted by Gasteiger charge is 2.02. The Morgan fingerprint density at radius 1 is 1.17 bits per heavy atom. The number of hydrogen-bond donors (Lipinski definition) is 0. The molecule has 0 fully saturated rings. The third-order valence-electron chi connectivity index (χ3n) is 2.61. The van der Waals surface area contributed by atoms with E-state index in [0.717, 1.165) is 17.9 Å². The first-order valence-electron chi connectivity index (χ1n) is 6.07. The third kappa shape index (κ3) is 3.52. The molecule has 1 atom stereocenters. The standard InChI is InChI=1S/C14H17NO3/c1-3-11(2)17-13-6-4-12(5-7-13)16-10-14-8-9-15-18-14/h4-9,11H,3,10H2,1-2H3. The molecule has 0 aliphatic carbocycles. The third-order valence-corrected chi connectivity index (χ3v) is 2.61. The van der Waals surface area contributed by atoms with Gasteiger partial charge in [-0.05, 0) is 37.6 Å². The predicted molar refractivity (Wildman–Crippen MR) is 67.7 cm³/mol. The molecule has 0 aliphatic heterocycles. The molecule has 2 aromatic rings. The fourth-order valence-corrected chi connectivity index (χ4v) is 1.40. The maximum absolute atomic E-state index is 5.68. The van der Waals surface area contributed by atoms with Crippen molar-refractivity contribution in [2.24, 2.45) is 0 Å². The van der Waals surface area contributed by atoms with E-state index in [1.54, 1.807) is 12.3 Å². The van der Waals surface area contributed by atoms with Crippen LogP contribution in [0.2, 0.25) is 0 Å². The summed E-state index contributed by atoms with van der Waals surface area (Å²) in [4.78, 5) is 0. The van der Waals surface area contributed by atoms with E-state index in [4.69, 9.17) is 14.0 Å². The van der Waals surface area contributed by atoms with Crippen LogP contribution in [0.25, 0.3) is 0 Å². The molecule has 96 valence electrons. The number of nitrogens with zero attached hydrogens (tertiary/aromatic N) is 1. The van der Waals surface area contributed by atoms with E-state index in [0.29, 0.717) is 12.4 Å². The second-order valence-corrected chi connectivity index (χ2v) is 4.08. The Labute approximate surface area is 107 Å². The highest BCUT2D eigenvalue weighted by molar-refractivity contribution is 5.31. The van der Waals surface area contributed by atoms with Crippen LogP contribution >= 0.6 is 0 Å². The van der Waals surface area contributed by atoms with Gasteiger partial charge in [0.2, 0.25) is 0 Å². The molecule has 0 aliphatic rings. The van der Waals surface area contributed by atoms with Crippen molar-refractivity contribution in [3.05, 3.63) is 42.3 Å². The molecule has 1 aromatic carbocycles. The van der Waals surface area contributed by atoms with Gasteiger partial charge in [-0.3, -0.25) is 0 Å². The van der Waals surface area contributed by atoms with E-state index < -0.39 is 0 Å². The van der Waals surface area contributed by atoms with Crippen molar-refractivity contribution in [2.75, 3.05) is 0 Å². The average Bonchev–Trinajstić information content (AvgIpc) is 2.91. The van der Waals surface area contributed by atoms with Crippen molar-refractivity contribution < 1.29 is 14.0 Å². The van der Waals surface area contributed by atoms with Gasteiger partial charge in [0.25, 0.3) is 0 Å². The van der Waals surface area contributed by atoms with Crippen LogP contribution in [0.15, 0.2) is 41.1 Å². The van der Waals surface area contributed by atoms with Gasteiger partial charge in [-0.15, -0.1) is 0 Å². The van der Waals surface area contributed by atoms with E-state index in [9.17, 15) is 0 Å². The minimum absolute atomic E-state index is 0.228. The topological polar surface area (TPSA) is 44.5 Å². The highest BCUT2D eigenvalue weighted by Crippen LogP contribution is 2.20. The van der Waals surface area contributed by atoms with Gasteiger partial charge < -0.3 is 14.0 Å². The first kappa shape index (κ1) is 12.5. The van der Waals surface area contributed by atoms with Gasteiger partial charge in [-0.25, -0.2) is 0 Å². The van der Waals surface area contributed by atoms with Crippen molar-refractivity contribution in [1.82, 2.24) is 5.16 Å². The van der Waals surface area contributed by atoms with Crippen LogP contribution in [-0.4, -0.2) is 11.3 Å². The summed E-state index contributed by atoms with van der Waals surface area (Å²) < 4.78 is 16.2. The quantitative estimate of drug-likeness (QED) is 0.784. The summed E-state index contributed by atoms with van der Waals surface area (Å²) >= 11 is 0. The number of benzene rings is 1. The van der Waals surface area contributed by atoms with Gasteiger partial charge in [0, 0.05) is 6.07 Å². The molecule has 4 heteroatoms. The fraction of sp³-hybridized carbons (Fsp3) is 0.357. The lowest BCUT2D eigenvalue weighted by molar-refractivity contribution is 0.216. The number of rotatable bonds is 6. The Hall–Kier alpha value is -1.97. The average molecular weight is 247 g/mol. The first-order chi connectivity index (χ1) is 8.78. The van der Waals surface area contributed by atoms with Crippen LogP contribution in [0.1, 0.15) is 26.0 Å². The molecule has 0 saturated heterocycles. The van der Waals surface area contributed by atoms with Gasteiger partial charge >= 0.3 is 0 Å². The van der Waals surface area contributed by atoms with E-state index in [1.165, 1.54) is 0 Å². The molecule has 18 heavy (non-hydrogen) atoms. The monoisotopic (exact) mass is 247 g/mol. The number of hydrogen-bond acceptors (Lipinski definition) is 4. The smallest absolute Gasteiger partial charge is 0.174 e. The van der Waals surface area contributed by atoms with Crippen LogP contribution < -0.4 is 9.47 Å². The summed E-state index contributed by atoms with van der Waals surface area (Å²) in [5.41, 5.74) is 0.